The summed E-state index contributed by atoms with van der Waals surface area (Å²) >= 11 is 1.58. The van der Waals surface area contributed by atoms with Gasteiger partial charge >= 0.3 is 0 Å². The topological polar surface area (TPSA) is 30.0 Å². The van der Waals surface area contributed by atoms with E-state index in [2.05, 4.69) is 76.2 Å². The lowest BCUT2D eigenvalue weighted by molar-refractivity contribution is 0.0925. The van der Waals surface area contributed by atoms with E-state index in [-0.39, 0.29) is 13.1 Å². The molecule has 0 fully saturated rings. The molecule has 4 atom stereocenters. The largest absolute Gasteiger partial charge is 0.293 e. The number of allylic oxidation sites excluding steroid dienone is 2. The first kappa shape index (κ1) is 30.1. The number of aromatic nitrogens is 1. The molecule has 0 aliphatic heterocycles. The smallest absolute Gasteiger partial charge is 0.175 e. The summed E-state index contributed by atoms with van der Waals surface area (Å²) in [6, 6.07) is 15.2. The van der Waals surface area contributed by atoms with Gasteiger partial charge in [0.15, 0.2) is 5.78 Å². The van der Waals surface area contributed by atoms with E-state index in [1.54, 1.807) is 11.3 Å². The third kappa shape index (κ3) is 7.74. The quantitative estimate of drug-likeness (QED) is 0.178. The van der Waals surface area contributed by atoms with Crippen LogP contribution >= 0.6 is 11.3 Å². The van der Waals surface area contributed by atoms with Crippen LogP contribution in [0, 0.1) is 17.3 Å². The summed E-state index contributed by atoms with van der Waals surface area (Å²) in [5.74, 6) is 1.37. The molecule has 2 aliphatic rings. The standard InChI is InChI=1S/C37H48FNOS.H2/c1-25(16-18-28(27-12-6-5-7-13-27)14-8-10-26-11-9-15-32(38)20-17-26)35(40)34-24-30-22-29-23-31(37(2,3)4)19-21-33(29)39-36(30)41-34;/h5-7,11-13,22,24-25,28,31-32H,8-10,14-21,23H2,1-4H3;1H/t25?,28-,31-,32?;/m0./s1. The molecule has 0 saturated carbocycles. The van der Waals surface area contributed by atoms with E-state index in [1.807, 2.05) is 0 Å². The van der Waals surface area contributed by atoms with Crippen molar-refractivity contribution >= 4 is 27.3 Å². The summed E-state index contributed by atoms with van der Waals surface area (Å²) in [4.78, 5) is 20.5. The fraction of sp³-hybridized carbons (Fsp3) is 0.568. The van der Waals surface area contributed by atoms with E-state index in [9.17, 15) is 9.18 Å². The maximum absolute atomic E-state index is 13.8. The number of carbonyl (C=O) groups excluding carboxylic acids is 1. The van der Waals surface area contributed by atoms with Gasteiger partial charge in [0.1, 0.15) is 11.0 Å². The van der Waals surface area contributed by atoms with Gasteiger partial charge in [0.25, 0.3) is 0 Å². The molecule has 2 heterocycles. The summed E-state index contributed by atoms with van der Waals surface area (Å²) in [5.41, 5.74) is 5.73. The van der Waals surface area contributed by atoms with Crippen molar-refractivity contribution in [2.24, 2.45) is 17.3 Å². The normalized spacial score (nSPS) is 21.1. The fourth-order valence-electron chi connectivity index (χ4n) is 6.87. The number of hydrogen-bond donors (Lipinski definition) is 0. The SMILES string of the molecule is CC(CC[C@H](CCCC1=CCCC(F)CC1)c1ccccc1)C(=O)c1cc2cc3c(nc2s1)CC[C@H](C(C)(C)C)C3.[HH]. The van der Waals surface area contributed by atoms with Gasteiger partial charge in [-0.1, -0.05) is 69.7 Å². The number of benzene rings is 1. The number of rotatable bonds is 10. The summed E-state index contributed by atoms with van der Waals surface area (Å²) in [6.07, 6.45) is 13.3. The third-order valence-corrected chi connectivity index (χ3v) is 10.8. The molecule has 0 radical (unpaired) electrons. The van der Waals surface area contributed by atoms with E-state index in [0.29, 0.717) is 30.1 Å². The molecule has 3 aromatic rings. The molecule has 41 heavy (non-hydrogen) atoms. The Bertz CT molecular complexity index is 1360. The van der Waals surface area contributed by atoms with Crippen molar-refractivity contribution in [3.63, 3.8) is 0 Å². The Labute approximate surface area is 252 Å². The van der Waals surface area contributed by atoms with E-state index >= 15 is 0 Å². The second-order valence-electron chi connectivity index (χ2n) is 13.8. The monoisotopic (exact) mass is 575 g/mol. The molecule has 2 aromatic heterocycles. The zero-order valence-corrected chi connectivity index (χ0v) is 26.4. The molecule has 0 amide bonds. The Morgan fingerprint density at radius 1 is 1.07 bits per heavy atom. The van der Waals surface area contributed by atoms with Gasteiger partial charge in [0, 0.05) is 18.4 Å². The van der Waals surface area contributed by atoms with Crippen LogP contribution in [-0.4, -0.2) is 16.9 Å². The number of hydrogen-bond acceptors (Lipinski definition) is 3. The summed E-state index contributed by atoms with van der Waals surface area (Å²) in [5, 5.41) is 1.13. The van der Waals surface area contributed by atoms with Crippen LogP contribution in [0.25, 0.3) is 10.2 Å². The van der Waals surface area contributed by atoms with Gasteiger partial charge in [-0.3, -0.25) is 4.79 Å². The lowest BCUT2D eigenvalue weighted by atomic mass is 9.71. The molecule has 0 N–H and O–H groups in total. The third-order valence-electron chi connectivity index (χ3n) is 9.75. The molecule has 5 rings (SSSR count). The predicted molar refractivity (Wildman–Crippen MR) is 174 cm³/mol. The van der Waals surface area contributed by atoms with E-state index < -0.39 is 6.17 Å². The van der Waals surface area contributed by atoms with Crippen LogP contribution in [0.15, 0.2) is 54.1 Å². The molecule has 0 spiro atoms. The Balaban J connectivity index is 0.00000405. The van der Waals surface area contributed by atoms with Crippen LogP contribution < -0.4 is 0 Å². The number of aryl methyl sites for hydroxylation is 1. The van der Waals surface area contributed by atoms with E-state index in [1.165, 1.54) is 28.8 Å². The molecule has 0 saturated heterocycles. The van der Waals surface area contributed by atoms with Crippen LogP contribution in [-0.2, 0) is 12.8 Å². The van der Waals surface area contributed by atoms with Crippen molar-refractivity contribution in [3.8, 4) is 0 Å². The average molecular weight is 576 g/mol. The van der Waals surface area contributed by atoms with Crippen molar-refractivity contribution in [2.75, 3.05) is 0 Å². The maximum Gasteiger partial charge on any atom is 0.175 e. The highest BCUT2D eigenvalue weighted by atomic mass is 32.1. The van der Waals surface area contributed by atoms with Gasteiger partial charge < -0.3 is 0 Å². The van der Waals surface area contributed by atoms with Crippen molar-refractivity contribution in [1.82, 2.24) is 4.98 Å². The molecule has 0 bridgehead atoms. The number of nitrogens with zero attached hydrogens (tertiary/aromatic N) is 1. The number of pyridine rings is 1. The average Bonchev–Trinajstić information content (AvgIpc) is 3.26. The first-order valence-corrected chi connectivity index (χ1v) is 16.8. The minimum atomic E-state index is -0.636. The Morgan fingerprint density at radius 2 is 1.88 bits per heavy atom. The maximum atomic E-state index is 13.8. The van der Waals surface area contributed by atoms with E-state index in [0.717, 1.165) is 72.9 Å². The Hall–Kier alpha value is -2.33. The highest BCUT2D eigenvalue weighted by Gasteiger charge is 2.30. The van der Waals surface area contributed by atoms with Crippen molar-refractivity contribution in [1.29, 1.82) is 0 Å². The summed E-state index contributed by atoms with van der Waals surface area (Å²) in [6.45, 7) is 9.14. The lowest BCUT2D eigenvalue weighted by Gasteiger charge is -2.34. The molecular formula is C37H50FNOS. The first-order valence-electron chi connectivity index (χ1n) is 16.0. The molecule has 222 valence electrons. The van der Waals surface area contributed by atoms with E-state index in [4.69, 9.17) is 4.98 Å². The molecule has 2 aliphatic carbocycles. The molecule has 1 aromatic carbocycles. The number of Topliss-reactive ketones (excluding diaryl/α,β-unsaturated/α-hetero) is 1. The fourth-order valence-corrected chi connectivity index (χ4v) is 7.96. The molecule has 4 heteroatoms. The van der Waals surface area contributed by atoms with Gasteiger partial charge in [-0.2, -0.15) is 0 Å². The predicted octanol–water partition coefficient (Wildman–Crippen LogP) is 11.1. The number of carbonyl (C=O) groups is 1. The van der Waals surface area contributed by atoms with Crippen molar-refractivity contribution in [3.05, 3.63) is 75.8 Å². The Kier molecular flexibility index (Phi) is 9.79. The van der Waals surface area contributed by atoms with Crippen LogP contribution in [0.3, 0.4) is 0 Å². The summed E-state index contributed by atoms with van der Waals surface area (Å²) in [7, 11) is 0. The molecular weight excluding hydrogens is 525 g/mol. The number of thiophene rings is 1. The van der Waals surface area contributed by atoms with Gasteiger partial charge in [-0.05, 0) is 118 Å². The second kappa shape index (κ2) is 13.3. The summed E-state index contributed by atoms with van der Waals surface area (Å²) < 4.78 is 13.8. The van der Waals surface area contributed by atoms with Crippen LogP contribution in [0.2, 0.25) is 0 Å². The molecule has 2 nitrogen and oxygen atoms in total. The highest BCUT2D eigenvalue weighted by molar-refractivity contribution is 7.20. The number of halogens is 1. The highest BCUT2D eigenvalue weighted by Crippen LogP contribution is 2.39. The van der Waals surface area contributed by atoms with Crippen LogP contribution in [0.4, 0.5) is 4.39 Å². The zero-order valence-electron chi connectivity index (χ0n) is 25.6. The van der Waals surface area contributed by atoms with Crippen molar-refractivity contribution in [2.45, 2.75) is 117 Å². The van der Waals surface area contributed by atoms with Gasteiger partial charge in [-0.15, -0.1) is 11.3 Å². The van der Waals surface area contributed by atoms with Crippen LogP contribution in [0.1, 0.15) is 126 Å². The Morgan fingerprint density at radius 3 is 2.66 bits per heavy atom. The number of ketones is 1. The number of fused-ring (bicyclic) bond motifs is 2. The second-order valence-corrected chi connectivity index (χ2v) is 14.9. The first-order chi connectivity index (χ1) is 19.7. The van der Waals surface area contributed by atoms with Gasteiger partial charge in [0.2, 0.25) is 0 Å². The van der Waals surface area contributed by atoms with Gasteiger partial charge in [-0.25, -0.2) is 9.37 Å². The zero-order chi connectivity index (χ0) is 29.0. The molecule has 2 unspecified atom stereocenters. The van der Waals surface area contributed by atoms with Crippen LogP contribution in [0.5, 0.6) is 0 Å². The minimum Gasteiger partial charge on any atom is -0.293 e. The van der Waals surface area contributed by atoms with Crippen molar-refractivity contribution < 1.29 is 10.6 Å². The lowest BCUT2D eigenvalue weighted by Crippen LogP contribution is -2.27. The van der Waals surface area contributed by atoms with Gasteiger partial charge in [0.05, 0.1) is 4.88 Å². The number of alkyl halides is 1. The minimum absolute atomic E-state index is 0.